The summed E-state index contributed by atoms with van der Waals surface area (Å²) >= 11 is 0. The van der Waals surface area contributed by atoms with Crippen LogP contribution in [-0.2, 0) is 11.3 Å². The van der Waals surface area contributed by atoms with Crippen molar-refractivity contribution in [3.05, 3.63) is 42.0 Å². The van der Waals surface area contributed by atoms with E-state index in [4.69, 9.17) is 4.74 Å². The van der Waals surface area contributed by atoms with E-state index in [1.807, 2.05) is 36.4 Å². The summed E-state index contributed by atoms with van der Waals surface area (Å²) in [6, 6.07) is 11.6. The van der Waals surface area contributed by atoms with E-state index in [2.05, 4.69) is 10.6 Å². The number of carbonyl (C=O) groups is 2. The molecule has 6 heteroatoms. The van der Waals surface area contributed by atoms with Crippen LogP contribution in [0.3, 0.4) is 0 Å². The van der Waals surface area contributed by atoms with Crippen molar-refractivity contribution in [2.45, 2.75) is 19.4 Å². The summed E-state index contributed by atoms with van der Waals surface area (Å²) in [6.07, 6.45) is 2.09. The Labute approximate surface area is 147 Å². The first kappa shape index (κ1) is 17.1. The molecule has 25 heavy (non-hydrogen) atoms. The lowest BCUT2D eigenvalue weighted by atomic mass is 10.1. The number of ether oxygens (including phenoxy) is 1. The highest BCUT2D eigenvalue weighted by molar-refractivity contribution is 5.85. The summed E-state index contributed by atoms with van der Waals surface area (Å²) in [6.45, 7) is 2.04. The van der Waals surface area contributed by atoms with Crippen LogP contribution in [0.2, 0.25) is 0 Å². The third-order valence-corrected chi connectivity index (χ3v) is 4.42. The SMILES string of the molecule is COc1ccc2cc(CNC(=O)NCC(=O)N3CCCC3)ccc2c1. The number of likely N-dealkylation sites (tertiary alicyclic amines) is 1. The molecular formula is C19H23N3O3. The van der Waals surface area contributed by atoms with Crippen LogP contribution < -0.4 is 15.4 Å². The molecule has 3 amide bonds. The van der Waals surface area contributed by atoms with Gasteiger partial charge in [-0.1, -0.05) is 18.2 Å². The zero-order valence-electron chi connectivity index (χ0n) is 14.4. The lowest BCUT2D eigenvalue weighted by molar-refractivity contribution is -0.128. The molecule has 1 aliphatic rings. The molecule has 3 rings (SSSR count). The van der Waals surface area contributed by atoms with Gasteiger partial charge in [0.05, 0.1) is 13.7 Å². The van der Waals surface area contributed by atoms with Crippen molar-refractivity contribution in [1.82, 2.24) is 15.5 Å². The number of hydrogen-bond acceptors (Lipinski definition) is 3. The van der Waals surface area contributed by atoms with Crippen molar-refractivity contribution in [1.29, 1.82) is 0 Å². The first-order chi connectivity index (χ1) is 12.2. The molecule has 6 nitrogen and oxygen atoms in total. The Kier molecular flexibility index (Phi) is 5.38. The fourth-order valence-electron chi connectivity index (χ4n) is 2.99. The normalized spacial score (nSPS) is 13.7. The molecule has 0 aliphatic carbocycles. The predicted molar refractivity (Wildman–Crippen MR) is 96.6 cm³/mol. The smallest absolute Gasteiger partial charge is 0.315 e. The van der Waals surface area contributed by atoms with Crippen molar-refractivity contribution >= 4 is 22.7 Å². The Morgan fingerprint density at radius 2 is 1.76 bits per heavy atom. The molecule has 0 aromatic heterocycles. The standard InChI is InChI=1S/C19H23N3O3/c1-25-17-7-6-15-10-14(4-5-16(15)11-17)12-20-19(24)21-13-18(23)22-8-2-3-9-22/h4-7,10-11H,2-3,8-9,12-13H2,1H3,(H2,20,21,24). The highest BCUT2D eigenvalue weighted by atomic mass is 16.5. The van der Waals surface area contributed by atoms with Gasteiger partial charge in [-0.25, -0.2) is 4.79 Å². The first-order valence-electron chi connectivity index (χ1n) is 8.52. The number of nitrogens with one attached hydrogen (secondary N) is 2. The van der Waals surface area contributed by atoms with Gasteiger partial charge in [-0.05, 0) is 47.4 Å². The fourth-order valence-corrected chi connectivity index (χ4v) is 2.99. The van der Waals surface area contributed by atoms with E-state index in [1.54, 1.807) is 12.0 Å². The minimum absolute atomic E-state index is 0.0210. The highest BCUT2D eigenvalue weighted by Crippen LogP contribution is 2.21. The monoisotopic (exact) mass is 341 g/mol. The van der Waals surface area contributed by atoms with Gasteiger partial charge in [-0.15, -0.1) is 0 Å². The van der Waals surface area contributed by atoms with Crippen molar-refractivity contribution in [3.63, 3.8) is 0 Å². The largest absolute Gasteiger partial charge is 0.497 e. The molecule has 0 saturated carbocycles. The van der Waals surface area contributed by atoms with Gasteiger partial charge in [0.25, 0.3) is 0 Å². The number of carbonyl (C=O) groups excluding carboxylic acids is 2. The summed E-state index contributed by atoms with van der Waals surface area (Å²) in [4.78, 5) is 25.6. The Bertz CT molecular complexity index is 770. The summed E-state index contributed by atoms with van der Waals surface area (Å²) < 4.78 is 5.22. The van der Waals surface area contributed by atoms with E-state index in [1.165, 1.54) is 0 Å². The van der Waals surface area contributed by atoms with Gasteiger partial charge >= 0.3 is 6.03 Å². The molecule has 2 N–H and O–H groups in total. The second-order valence-electron chi connectivity index (χ2n) is 6.17. The molecule has 0 radical (unpaired) electrons. The molecule has 1 fully saturated rings. The van der Waals surface area contributed by atoms with Crippen molar-refractivity contribution in [3.8, 4) is 5.75 Å². The van der Waals surface area contributed by atoms with Crippen molar-refractivity contribution < 1.29 is 14.3 Å². The van der Waals surface area contributed by atoms with Gasteiger partial charge in [0, 0.05) is 19.6 Å². The maximum absolute atomic E-state index is 11.9. The number of benzene rings is 2. The van der Waals surface area contributed by atoms with E-state index in [0.29, 0.717) is 6.54 Å². The van der Waals surface area contributed by atoms with Gasteiger partial charge in [-0.2, -0.15) is 0 Å². The lowest BCUT2D eigenvalue weighted by Gasteiger charge is -2.15. The molecule has 0 unspecified atom stereocenters. The number of amides is 3. The minimum atomic E-state index is -0.331. The van der Waals surface area contributed by atoms with E-state index in [9.17, 15) is 9.59 Å². The molecule has 0 spiro atoms. The molecule has 132 valence electrons. The van der Waals surface area contributed by atoms with Crippen molar-refractivity contribution in [2.75, 3.05) is 26.7 Å². The number of urea groups is 1. The maximum Gasteiger partial charge on any atom is 0.315 e. The third-order valence-electron chi connectivity index (χ3n) is 4.42. The molecule has 0 atom stereocenters. The van der Waals surface area contributed by atoms with Gasteiger partial charge in [0.1, 0.15) is 5.75 Å². The number of rotatable bonds is 5. The summed E-state index contributed by atoms with van der Waals surface area (Å²) in [5.41, 5.74) is 0.999. The first-order valence-corrected chi connectivity index (χ1v) is 8.52. The number of fused-ring (bicyclic) bond motifs is 1. The van der Waals surface area contributed by atoms with Gasteiger partial charge < -0.3 is 20.3 Å². The quantitative estimate of drug-likeness (QED) is 0.876. The van der Waals surface area contributed by atoms with Crippen LogP contribution in [0.25, 0.3) is 10.8 Å². The van der Waals surface area contributed by atoms with E-state index in [0.717, 1.165) is 48.0 Å². The van der Waals surface area contributed by atoms with Gasteiger partial charge in [0.15, 0.2) is 0 Å². The van der Waals surface area contributed by atoms with Crippen LogP contribution in [0.4, 0.5) is 4.79 Å². The molecule has 2 aromatic rings. The van der Waals surface area contributed by atoms with E-state index >= 15 is 0 Å². The summed E-state index contributed by atoms with van der Waals surface area (Å²) in [5, 5.41) is 7.59. The highest BCUT2D eigenvalue weighted by Gasteiger charge is 2.17. The predicted octanol–water partition coefficient (Wildman–Crippen LogP) is 2.27. The van der Waals surface area contributed by atoms with E-state index < -0.39 is 0 Å². The van der Waals surface area contributed by atoms with Gasteiger partial charge in [-0.3, -0.25) is 4.79 Å². The maximum atomic E-state index is 11.9. The molecule has 1 aliphatic heterocycles. The van der Waals surface area contributed by atoms with Crippen LogP contribution in [0.1, 0.15) is 18.4 Å². The number of nitrogens with zero attached hydrogens (tertiary/aromatic N) is 1. The second-order valence-corrected chi connectivity index (χ2v) is 6.17. The van der Waals surface area contributed by atoms with Crippen LogP contribution in [0.15, 0.2) is 36.4 Å². The number of methoxy groups -OCH3 is 1. The Hall–Kier alpha value is -2.76. The summed E-state index contributed by atoms with van der Waals surface area (Å²) in [5.74, 6) is 0.799. The third kappa shape index (κ3) is 4.41. The molecule has 1 saturated heterocycles. The van der Waals surface area contributed by atoms with E-state index in [-0.39, 0.29) is 18.5 Å². The Morgan fingerprint density at radius 1 is 1.04 bits per heavy atom. The van der Waals surface area contributed by atoms with Crippen molar-refractivity contribution in [2.24, 2.45) is 0 Å². The Balaban J connectivity index is 1.49. The lowest BCUT2D eigenvalue weighted by Crippen LogP contribution is -2.42. The average Bonchev–Trinajstić information content (AvgIpc) is 3.18. The topological polar surface area (TPSA) is 70.7 Å². The zero-order valence-corrected chi connectivity index (χ0v) is 14.4. The van der Waals surface area contributed by atoms with Crippen LogP contribution in [-0.4, -0.2) is 43.6 Å². The second kappa shape index (κ2) is 7.88. The Morgan fingerprint density at radius 3 is 2.52 bits per heavy atom. The fraction of sp³-hybridized carbons (Fsp3) is 0.368. The van der Waals surface area contributed by atoms with Crippen LogP contribution in [0, 0.1) is 0 Å². The van der Waals surface area contributed by atoms with Gasteiger partial charge in [0.2, 0.25) is 5.91 Å². The molecule has 0 bridgehead atoms. The minimum Gasteiger partial charge on any atom is -0.497 e. The van der Waals surface area contributed by atoms with Crippen LogP contribution in [0.5, 0.6) is 5.75 Å². The molecule has 2 aromatic carbocycles. The molecular weight excluding hydrogens is 318 g/mol. The van der Waals surface area contributed by atoms with Crippen LogP contribution >= 0.6 is 0 Å². The zero-order chi connectivity index (χ0) is 17.6. The summed E-state index contributed by atoms with van der Waals surface area (Å²) in [7, 11) is 1.65. The molecule has 1 heterocycles. The number of hydrogen-bond donors (Lipinski definition) is 2. The average molecular weight is 341 g/mol.